The van der Waals surface area contributed by atoms with Gasteiger partial charge in [-0.15, -0.1) is 0 Å². The lowest BCUT2D eigenvalue weighted by atomic mass is 10.1. The van der Waals surface area contributed by atoms with Crippen molar-refractivity contribution in [2.24, 2.45) is 0 Å². The van der Waals surface area contributed by atoms with Crippen LogP contribution in [-0.4, -0.2) is 14.5 Å². The van der Waals surface area contributed by atoms with Crippen LogP contribution in [-0.2, 0) is 5.54 Å². The fourth-order valence-electron chi connectivity index (χ4n) is 2.33. The molecular weight excluding hydrogens is 282 g/mol. The Morgan fingerprint density at radius 3 is 2.30 bits per heavy atom. The van der Waals surface area contributed by atoms with Crippen molar-refractivity contribution >= 4 is 0 Å². The largest absolute Gasteiger partial charge is 0.326 e. The standard InChI is InChI=1S/C20H19N3/c1-20(2,3)23-15-14-22-19(23)17-10-7-16(8-11-17)9-12-18-6-4-5-13-21-18/h4-8,10-11,13-15H,1-3H3. The van der Waals surface area contributed by atoms with Crippen LogP contribution in [0.1, 0.15) is 32.0 Å². The molecule has 3 rings (SSSR count). The lowest BCUT2D eigenvalue weighted by Crippen LogP contribution is -2.21. The summed E-state index contributed by atoms with van der Waals surface area (Å²) in [6.07, 6.45) is 5.61. The number of hydrogen-bond acceptors (Lipinski definition) is 2. The molecule has 0 aliphatic heterocycles. The fourth-order valence-corrected chi connectivity index (χ4v) is 2.33. The van der Waals surface area contributed by atoms with Crippen molar-refractivity contribution < 1.29 is 0 Å². The van der Waals surface area contributed by atoms with Crippen molar-refractivity contribution in [3.63, 3.8) is 0 Å². The Bertz CT molecular complexity index is 842. The smallest absolute Gasteiger partial charge is 0.140 e. The van der Waals surface area contributed by atoms with E-state index in [2.05, 4.69) is 59.3 Å². The zero-order chi connectivity index (χ0) is 16.3. The van der Waals surface area contributed by atoms with E-state index in [0.29, 0.717) is 0 Å². The summed E-state index contributed by atoms with van der Waals surface area (Å²) in [7, 11) is 0. The van der Waals surface area contributed by atoms with Gasteiger partial charge in [-0.2, -0.15) is 0 Å². The number of imidazole rings is 1. The van der Waals surface area contributed by atoms with E-state index in [1.165, 1.54) is 0 Å². The monoisotopic (exact) mass is 301 g/mol. The fraction of sp³-hybridized carbons (Fsp3) is 0.200. The van der Waals surface area contributed by atoms with Gasteiger partial charge < -0.3 is 4.57 Å². The molecule has 0 radical (unpaired) electrons. The van der Waals surface area contributed by atoms with Gasteiger partial charge in [0.2, 0.25) is 0 Å². The van der Waals surface area contributed by atoms with E-state index >= 15 is 0 Å². The van der Waals surface area contributed by atoms with Gasteiger partial charge in [-0.05, 0) is 51.0 Å². The summed E-state index contributed by atoms with van der Waals surface area (Å²) >= 11 is 0. The van der Waals surface area contributed by atoms with Crippen LogP contribution in [0.5, 0.6) is 0 Å². The van der Waals surface area contributed by atoms with E-state index < -0.39 is 0 Å². The van der Waals surface area contributed by atoms with Crippen LogP contribution < -0.4 is 0 Å². The lowest BCUT2D eigenvalue weighted by Gasteiger charge is -2.23. The minimum absolute atomic E-state index is 0.00326. The first kappa shape index (κ1) is 15.1. The molecule has 23 heavy (non-hydrogen) atoms. The van der Waals surface area contributed by atoms with E-state index in [4.69, 9.17) is 0 Å². The van der Waals surface area contributed by atoms with Crippen molar-refractivity contribution in [2.75, 3.05) is 0 Å². The molecule has 1 aromatic carbocycles. The van der Waals surface area contributed by atoms with Crippen molar-refractivity contribution in [1.29, 1.82) is 0 Å². The molecule has 0 fully saturated rings. The molecule has 0 aliphatic carbocycles. The molecule has 2 aromatic heterocycles. The van der Waals surface area contributed by atoms with Crippen molar-refractivity contribution in [3.8, 4) is 23.2 Å². The zero-order valence-electron chi connectivity index (χ0n) is 13.6. The van der Waals surface area contributed by atoms with Gasteiger partial charge in [0.25, 0.3) is 0 Å². The Kier molecular flexibility index (Phi) is 3.99. The number of benzene rings is 1. The first-order valence-electron chi connectivity index (χ1n) is 7.61. The van der Waals surface area contributed by atoms with E-state index in [1.807, 2.05) is 42.7 Å². The zero-order valence-corrected chi connectivity index (χ0v) is 13.6. The normalized spacial score (nSPS) is 10.9. The van der Waals surface area contributed by atoms with Crippen molar-refractivity contribution in [1.82, 2.24) is 14.5 Å². The second-order valence-electron chi connectivity index (χ2n) is 6.33. The van der Waals surface area contributed by atoms with E-state index in [1.54, 1.807) is 6.20 Å². The van der Waals surface area contributed by atoms with Gasteiger partial charge in [-0.3, -0.25) is 0 Å². The Hall–Kier alpha value is -2.86. The molecule has 3 heteroatoms. The summed E-state index contributed by atoms with van der Waals surface area (Å²) in [6.45, 7) is 6.51. The molecule has 0 unspecified atom stereocenters. The second kappa shape index (κ2) is 6.10. The third-order valence-corrected chi connectivity index (χ3v) is 3.51. The highest BCUT2D eigenvalue weighted by Gasteiger charge is 2.17. The van der Waals surface area contributed by atoms with Gasteiger partial charge in [0.05, 0.1) is 0 Å². The summed E-state index contributed by atoms with van der Waals surface area (Å²) in [6, 6.07) is 13.9. The molecule has 0 saturated heterocycles. The Morgan fingerprint density at radius 2 is 1.65 bits per heavy atom. The average Bonchev–Trinajstić information content (AvgIpc) is 3.04. The molecule has 0 aliphatic rings. The summed E-state index contributed by atoms with van der Waals surface area (Å²) in [4.78, 5) is 8.70. The Balaban J connectivity index is 1.87. The van der Waals surface area contributed by atoms with E-state index in [0.717, 1.165) is 22.6 Å². The summed E-state index contributed by atoms with van der Waals surface area (Å²) in [5, 5.41) is 0. The molecule has 0 spiro atoms. The molecule has 114 valence electrons. The first-order chi connectivity index (χ1) is 11.0. The van der Waals surface area contributed by atoms with Gasteiger partial charge in [0, 0.05) is 35.3 Å². The minimum Gasteiger partial charge on any atom is -0.326 e. The van der Waals surface area contributed by atoms with Gasteiger partial charge in [-0.25, -0.2) is 9.97 Å². The Labute approximate surface area is 137 Å². The topological polar surface area (TPSA) is 30.7 Å². The van der Waals surface area contributed by atoms with E-state index in [-0.39, 0.29) is 5.54 Å². The number of rotatable bonds is 1. The minimum atomic E-state index is 0.00326. The maximum absolute atomic E-state index is 4.49. The highest BCUT2D eigenvalue weighted by atomic mass is 15.1. The maximum Gasteiger partial charge on any atom is 0.140 e. The van der Waals surface area contributed by atoms with Crippen LogP contribution in [0.2, 0.25) is 0 Å². The first-order valence-corrected chi connectivity index (χ1v) is 7.61. The van der Waals surface area contributed by atoms with Crippen LogP contribution >= 0.6 is 0 Å². The predicted molar refractivity (Wildman–Crippen MR) is 92.9 cm³/mol. The number of hydrogen-bond donors (Lipinski definition) is 0. The molecule has 0 atom stereocenters. The quantitative estimate of drug-likeness (QED) is 0.634. The predicted octanol–water partition coefficient (Wildman–Crippen LogP) is 4.10. The van der Waals surface area contributed by atoms with Crippen LogP contribution in [0.25, 0.3) is 11.4 Å². The Morgan fingerprint density at radius 1 is 0.870 bits per heavy atom. The third-order valence-electron chi connectivity index (χ3n) is 3.51. The molecule has 2 heterocycles. The third kappa shape index (κ3) is 3.49. The highest BCUT2D eigenvalue weighted by molar-refractivity contribution is 5.58. The maximum atomic E-state index is 4.49. The molecule has 0 N–H and O–H groups in total. The summed E-state index contributed by atoms with van der Waals surface area (Å²) < 4.78 is 2.18. The average molecular weight is 301 g/mol. The number of aromatic nitrogens is 3. The van der Waals surface area contributed by atoms with Crippen LogP contribution in [0.15, 0.2) is 61.1 Å². The van der Waals surface area contributed by atoms with Crippen molar-refractivity contribution in [2.45, 2.75) is 26.3 Å². The summed E-state index contributed by atoms with van der Waals surface area (Å²) in [5.41, 5.74) is 2.84. The molecule has 3 nitrogen and oxygen atoms in total. The molecule has 0 saturated carbocycles. The van der Waals surface area contributed by atoms with Gasteiger partial charge >= 0.3 is 0 Å². The molecule has 3 aromatic rings. The van der Waals surface area contributed by atoms with Crippen LogP contribution in [0.4, 0.5) is 0 Å². The van der Waals surface area contributed by atoms with Crippen molar-refractivity contribution in [3.05, 3.63) is 72.3 Å². The van der Waals surface area contributed by atoms with Gasteiger partial charge in [0.15, 0.2) is 0 Å². The second-order valence-corrected chi connectivity index (χ2v) is 6.33. The van der Waals surface area contributed by atoms with Gasteiger partial charge in [0.1, 0.15) is 11.5 Å². The lowest BCUT2D eigenvalue weighted by molar-refractivity contribution is 0.401. The SMILES string of the molecule is CC(C)(C)n1ccnc1-c1ccc(C#Cc2ccccn2)cc1. The number of nitrogens with zero attached hydrogens (tertiary/aromatic N) is 3. The van der Waals surface area contributed by atoms with Crippen LogP contribution in [0, 0.1) is 11.8 Å². The highest BCUT2D eigenvalue weighted by Crippen LogP contribution is 2.24. The van der Waals surface area contributed by atoms with E-state index in [9.17, 15) is 0 Å². The number of pyridine rings is 1. The molecular formula is C20H19N3. The molecule has 0 amide bonds. The van der Waals surface area contributed by atoms with Crippen LogP contribution in [0.3, 0.4) is 0 Å². The summed E-state index contributed by atoms with van der Waals surface area (Å²) in [5.74, 6) is 7.18. The van der Waals surface area contributed by atoms with Gasteiger partial charge in [-0.1, -0.05) is 24.1 Å². The molecule has 0 bridgehead atoms.